The van der Waals surface area contributed by atoms with Crippen molar-refractivity contribution < 1.29 is 4.79 Å². The zero-order chi connectivity index (χ0) is 15.3. The molecule has 1 amide bonds. The zero-order valence-electron chi connectivity index (χ0n) is 14.0. The maximum absolute atomic E-state index is 12.3. The Morgan fingerprint density at radius 1 is 1.21 bits per heavy atom. The van der Waals surface area contributed by atoms with Crippen molar-refractivity contribution in [3.8, 4) is 0 Å². The minimum absolute atomic E-state index is 0.00106. The second-order valence-electron chi connectivity index (χ2n) is 7.85. The first-order chi connectivity index (χ1) is 8.50. The van der Waals surface area contributed by atoms with Gasteiger partial charge in [0.1, 0.15) is 0 Å². The first-order valence-corrected chi connectivity index (χ1v) is 7.48. The second-order valence-corrected chi connectivity index (χ2v) is 7.85. The molecular formula is C16H34N2O. The molecule has 0 heterocycles. The van der Waals surface area contributed by atoms with E-state index < -0.39 is 0 Å². The van der Waals surface area contributed by atoms with Gasteiger partial charge in [-0.25, -0.2) is 0 Å². The summed E-state index contributed by atoms with van der Waals surface area (Å²) in [6, 6.07) is 0. The fraction of sp³-hybridized carbons (Fsp3) is 0.938. The van der Waals surface area contributed by atoms with E-state index in [9.17, 15) is 4.79 Å². The van der Waals surface area contributed by atoms with Crippen LogP contribution < -0.4 is 5.73 Å². The standard InChI is InChI=1S/C16H34N2O/c1-8-18(12-16(6,7)11-17)14(19)9-13(2)10-15(3,4)5/h13H,8-12,17H2,1-7H3. The predicted octanol–water partition coefficient (Wildman–Crippen LogP) is 3.28. The molecule has 0 aliphatic rings. The molecule has 2 N–H and O–H groups in total. The molecule has 0 aliphatic carbocycles. The van der Waals surface area contributed by atoms with E-state index in [2.05, 4.69) is 41.5 Å². The summed E-state index contributed by atoms with van der Waals surface area (Å²) in [5.41, 5.74) is 6.04. The lowest BCUT2D eigenvalue weighted by molar-refractivity contribution is -0.133. The van der Waals surface area contributed by atoms with Gasteiger partial charge in [0.05, 0.1) is 0 Å². The Balaban J connectivity index is 4.45. The zero-order valence-corrected chi connectivity index (χ0v) is 14.0. The maximum atomic E-state index is 12.3. The van der Waals surface area contributed by atoms with Crippen LogP contribution in [0.15, 0.2) is 0 Å². The van der Waals surface area contributed by atoms with E-state index in [1.807, 2.05) is 11.8 Å². The molecule has 0 aromatic rings. The number of nitrogens with zero attached hydrogens (tertiary/aromatic N) is 1. The Labute approximate surface area is 119 Å². The number of hydrogen-bond donors (Lipinski definition) is 1. The first kappa shape index (κ1) is 18.4. The predicted molar refractivity (Wildman–Crippen MR) is 82.9 cm³/mol. The third kappa shape index (κ3) is 8.25. The SMILES string of the molecule is CCN(CC(C)(C)CN)C(=O)CC(C)CC(C)(C)C. The van der Waals surface area contributed by atoms with Crippen molar-refractivity contribution in [1.82, 2.24) is 4.90 Å². The molecule has 1 unspecified atom stereocenters. The molecule has 0 fully saturated rings. The Kier molecular flexibility index (Phi) is 7.06. The van der Waals surface area contributed by atoms with Gasteiger partial charge in [-0.2, -0.15) is 0 Å². The summed E-state index contributed by atoms with van der Waals surface area (Å²) >= 11 is 0. The van der Waals surface area contributed by atoms with Gasteiger partial charge in [-0.1, -0.05) is 41.5 Å². The summed E-state index contributed by atoms with van der Waals surface area (Å²) < 4.78 is 0. The van der Waals surface area contributed by atoms with Gasteiger partial charge < -0.3 is 10.6 Å². The fourth-order valence-corrected chi connectivity index (χ4v) is 2.50. The number of hydrogen-bond acceptors (Lipinski definition) is 2. The summed E-state index contributed by atoms with van der Waals surface area (Å²) in [5.74, 6) is 0.698. The molecule has 3 heteroatoms. The van der Waals surface area contributed by atoms with Gasteiger partial charge in [-0.05, 0) is 36.6 Å². The molecular weight excluding hydrogens is 236 g/mol. The summed E-state index contributed by atoms with van der Waals surface area (Å²) in [5, 5.41) is 0. The molecule has 1 atom stereocenters. The average molecular weight is 270 g/mol. The molecule has 3 nitrogen and oxygen atoms in total. The van der Waals surface area contributed by atoms with Gasteiger partial charge >= 0.3 is 0 Å². The van der Waals surface area contributed by atoms with Crippen LogP contribution in [0, 0.1) is 16.7 Å². The highest BCUT2D eigenvalue weighted by molar-refractivity contribution is 5.76. The highest BCUT2D eigenvalue weighted by Crippen LogP contribution is 2.26. The van der Waals surface area contributed by atoms with Crippen molar-refractivity contribution in [3.63, 3.8) is 0 Å². The molecule has 0 spiro atoms. The second kappa shape index (κ2) is 7.28. The van der Waals surface area contributed by atoms with E-state index in [-0.39, 0.29) is 16.7 Å². The van der Waals surface area contributed by atoms with E-state index >= 15 is 0 Å². The largest absolute Gasteiger partial charge is 0.342 e. The van der Waals surface area contributed by atoms with Crippen LogP contribution in [-0.4, -0.2) is 30.4 Å². The molecule has 0 rings (SSSR count). The van der Waals surface area contributed by atoms with Gasteiger partial charge in [0, 0.05) is 19.5 Å². The monoisotopic (exact) mass is 270 g/mol. The van der Waals surface area contributed by atoms with Crippen LogP contribution in [0.25, 0.3) is 0 Å². The van der Waals surface area contributed by atoms with Crippen LogP contribution in [-0.2, 0) is 4.79 Å². The Bertz CT molecular complexity index is 279. The van der Waals surface area contributed by atoms with Gasteiger partial charge in [-0.15, -0.1) is 0 Å². The van der Waals surface area contributed by atoms with Gasteiger partial charge in [0.15, 0.2) is 0 Å². The molecule has 0 saturated carbocycles. The van der Waals surface area contributed by atoms with Crippen molar-refractivity contribution in [3.05, 3.63) is 0 Å². The lowest BCUT2D eigenvalue weighted by Crippen LogP contribution is -2.42. The van der Waals surface area contributed by atoms with E-state index in [0.717, 1.165) is 19.5 Å². The van der Waals surface area contributed by atoms with Gasteiger partial charge in [0.25, 0.3) is 0 Å². The summed E-state index contributed by atoms with van der Waals surface area (Å²) in [7, 11) is 0. The van der Waals surface area contributed by atoms with Crippen LogP contribution in [0.2, 0.25) is 0 Å². The summed E-state index contributed by atoms with van der Waals surface area (Å²) in [6.45, 7) is 17.2. The summed E-state index contributed by atoms with van der Waals surface area (Å²) in [6.07, 6.45) is 1.72. The number of amides is 1. The molecule has 114 valence electrons. The van der Waals surface area contributed by atoms with E-state index in [0.29, 0.717) is 18.9 Å². The molecule has 0 saturated heterocycles. The molecule has 0 aromatic carbocycles. The lowest BCUT2D eigenvalue weighted by Gasteiger charge is -2.32. The molecule has 19 heavy (non-hydrogen) atoms. The van der Waals surface area contributed by atoms with Gasteiger partial charge in [-0.3, -0.25) is 4.79 Å². The Hall–Kier alpha value is -0.570. The molecule has 0 radical (unpaired) electrons. The van der Waals surface area contributed by atoms with Crippen LogP contribution in [0.3, 0.4) is 0 Å². The lowest BCUT2D eigenvalue weighted by atomic mass is 9.84. The van der Waals surface area contributed by atoms with Crippen LogP contribution >= 0.6 is 0 Å². The van der Waals surface area contributed by atoms with Gasteiger partial charge in [0.2, 0.25) is 5.91 Å². The third-order valence-corrected chi connectivity index (χ3v) is 3.39. The van der Waals surface area contributed by atoms with Crippen molar-refractivity contribution in [2.45, 2.75) is 61.3 Å². The van der Waals surface area contributed by atoms with Crippen LogP contribution in [0.4, 0.5) is 0 Å². The average Bonchev–Trinajstić information content (AvgIpc) is 2.23. The number of carbonyl (C=O) groups is 1. The third-order valence-electron chi connectivity index (χ3n) is 3.39. The normalized spacial score (nSPS) is 14.3. The smallest absolute Gasteiger partial charge is 0.222 e. The Morgan fingerprint density at radius 2 is 1.74 bits per heavy atom. The minimum Gasteiger partial charge on any atom is -0.342 e. The molecule has 0 bridgehead atoms. The Morgan fingerprint density at radius 3 is 2.11 bits per heavy atom. The highest BCUT2D eigenvalue weighted by atomic mass is 16.2. The minimum atomic E-state index is -0.00106. The molecule has 0 aromatic heterocycles. The topological polar surface area (TPSA) is 46.3 Å². The van der Waals surface area contributed by atoms with Crippen molar-refractivity contribution >= 4 is 5.91 Å². The highest BCUT2D eigenvalue weighted by Gasteiger charge is 2.25. The van der Waals surface area contributed by atoms with Crippen molar-refractivity contribution in [2.24, 2.45) is 22.5 Å². The molecule has 0 aliphatic heterocycles. The van der Waals surface area contributed by atoms with Crippen LogP contribution in [0.5, 0.6) is 0 Å². The maximum Gasteiger partial charge on any atom is 0.222 e. The van der Waals surface area contributed by atoms with E-state index in [1.165, 1.54) is 0 Å². The summed E-state index contributed by atoms with van der Waals surface area (Å²) in [4.78, 5) is 14.3. The van der Waals surface area contributed by atoms with Crippen molar-refractivity contribution in [1.29, 1.82) is 0 Å². The number of nitrogens with two attached hydrogens (primary N) is 1. The van der Waals surface area contributed by atoms with Crippen molar-refractivity contribution in [2.75, 3.05) is 19.6 Å². The number of carbonyl (C=O) groups excluding carboxylic acids is 1. The van der Waals surface area contributed by atoms with E-state index in [4.69, 9.17) is 5.73 Å². The quantitative estimate of drug-likeness (QED) is 0.771. The fourth-order valence-electron chi connectivity index (χ4n) is 2.50. The number of rotatable bonds is 7. The first-order valence-electron chi connectivity index (χ1n) is 7.48. The van der Waals surface area contributed by atoms with E-state index in [1.54, 1.807) is 0 Å². The van der Waals surface area contributed by atoms with Crippen LogP contribution in [0.1, 0.15) is 61.3 Å².